The van der Waals surface area contributed by atoms with Gasteiger partial charge in [-0.3, -0.25) is 0 Å². The molecule has 1 heterocycles. The van der Waals surface area contributed by atoms with Gasteiger partial charge in [-0.1, -0.05) is 53.7 Å². The summed E-state index contributed by atoms with van der Waals surface area (Å²) in [5, 5.41) is 8.63. The third-order valence-electron chi connectivity index (χ3n) is 4.46. The highest BCUT2D eigenvalue weighted by Gasteiger charge is 2.08. The summed E-state index contributed by atoms with van der Waals surface area (Å²) in [7, 11) is 0. The van der Waals surface area contributed by atoms with E-state index in [9.17, 15) is 0 Å². The van der Waals surface area contributed by atoms with Gasteiger partial charge < -0.3 is 10.2 Å². The zero-order valence-corrected chi connectivity index (χ0v) is 17.4. The fourth-order valence-corrected chi connectivity index (χ4v) is 3.25. The Bertz CT molecular complexity index is 1160. The summed E-state index contributed by atoms with van der Waals surface area (Å²) in [6.07, 6.45) is 1.56. The lowest BCUT2D eigenvalue weighted by atomic mass is 10.1. The van der Waals surface area contributed by atoms with Crippen LogP contribution in [0, 0.1) is 0 Å². The lowest BCUT2D eigenvalue weighted by Gasteiger charge is -2.12. The molecular formula is C23H19BrN4O. The number of oxime groups is 1. The number of halogens is 1. The van der Waals surface area contributed by atoms with Crippen molar-refractivity contribution in [2.75, 3.05) is 5.32 Å². The highest BCUT2D eigenvalue weighted by Crippen LogP contribution is 2.29. The molecule has 0 saturated heterocycles. The van der Waals surface area contributed by atoms with E-state index in [2.05, 4.69) is 36.4 Å². The molecule has 0 unspecified atom stereocenters. The number of nitrogens with one attached hydrogen (secondary N) is 1. The highest BCUT2D eigenvalue weighted by atomic mass is 79.9. The van der Waals surface area contributed by atoms with Crippen molar-refractivity contribution in [3.05, 3.63) is 94.7 Å². The van der Waals surface area contributed by atoms with Gasteiger partial charge in [-0.2, -0.15) is 0 Å². The van der Waals surface area contributed by atoms with Gasteiger partial charge in [-0.05, 0) is 52.7 Å². The van der Waals surface area contributed by atoms with Crippen LogP contribution in [0.5, 0.6) is 0 Å². The third-order valence-corrected chi connectivity index (χ3v) is 5.15. The first-order valence-corrected chi connectivity index (χ1v) is 9.97. The molecule has 4 aromatic rings. The Morgan fingerprint density at radius 3 is 2.66 bits per heavy atom. The topological polar surface area (TPSA) is 59.4 Å². The zero-order chi connectivity index (χ0) is 20.1. The molecule has 4 rings (SSSR count). The molecule has 0 aliphatic rings. The molecule has 0 fully saturated rings. The quantitative estimate of drug-likeness (QED) is 0.288. The second-order valence-electron chi connectivity index (χ2n) is 6.49. The maximum Gasteiger partial charge on any atom is 0.142 e. The van der Waals surface area contributed by atoms with E-state index in [0.29, 0.717) is 6.61 Å². The fraction of sp³-hybridized carbons (Fsp3) is 0.0870. The molecular weight excluding hydrogens is 428 g/mol. The van der Waals surface area contributed by atoms with Gasteiger partial charge in [0.2, 0.25) is 0 Å². The van der Waals surface area contributed by atoms with Crippen molar-refractivity contribution in [3.8, 4) is 0 Å². The molecule has 0 aliphatic carbocycles. The van der Waals surface area contributed by atoms with Crippen molar-refractivity contribution in [1.29, 1.82) is 0 Å². The first-order valence-electron chi connectivity index (χ1n) is 9.18. The molecule has 0 bridgehead atoms. The van der Waals surface area contributed by atoms with Crippen molar-refractivity contribution in [1.82, 2.24) is 9.97 Å². The third kappa shape index (κ3) is 4.60. The monoisotopic (exact) mass is 446 g/mol. The van der Waals surface area contributed by atoms with E-state index >= 15 is 0 Å². The maximum absolute atomic E-state index is 5.52. The zero-order valence-electron chi connectivity index (χ0n) is 15.8. The lowest BCUT2D eigenvalue weighted by Crippen LogP contribution is -2.01. The minimum Gasteiger partial charge on any atom is -0.391 e. The van der Waals surface area contributed by atoms with Gasteiger partial charge >= 0.3 is 0 Å². The van der Waals surface area contributed by atoms with Gasteiger partial charge in [-0.25, -0.2) is 9.97 Å². The normalized spacial score (nSPS) is 11.4. The molecule has 3 aromatic carbocycles. The number of hydrogen-bond acceptors (Lipinski definition) is 5. The van der Waals surface area contributed by atoms with Crippen LogP contribution in [-0.2, 0) is 11.4 Å². The number of nitrogens with zero attached hydrogens (tertiary/aromatic N) is 3. The molecule has 144 valence electrons. The van der Waals surface area contributed by atoms with Crippen molar-refractivity contribution < 1.29 is 4.84 Å². The van der Waals surface area contributed by atoms with Crippen molar-refractivity contribution in [2.45, 2.75) is 13.5 Å². The van der Waals surface area contributed by atoms with Crippen molar-refractivity contribution in [3.63, 3.8) is 0 Å². The molecule has 6 heteroatoms. The number of benzene rings is 3. The van der Waals surface area contributed by atoms with Crippen LogP contribution in [0.15, 0.2) is 88.8 Å². The van der Waals surface area contributed by atoms with Gasteiger partial charge in [0.1, 0.15) is 18.8 Å². The van der Waals surface area contributed by atoms with Crippen molar-refractivity contribution in [2.24, 2.45) is 5.16 Å². The minimum absolute atomic E-state index is 0.437. The Hall–Kier alpha value is -3.25. The average molecular weight is 447 g/mol. The Morgan fingerprint density at radius 1 is 1.00 bits per heavy atom. The number of para-hydroxylation sites is 1. The van der Waals surface area contributed by atoms with E-state index in [1.165, 1.54) is 0 Å². The number of aromatic nitrogens is 2. The van der Waals surface area contributed by atoms with Gasteiger partial charge in [0.25, 0.3) is 0 Å². The molecule has 0 aliphatic heterocycles. The van der Waals surface area contributed by atoms with Gasteiger partial charge in [0, 0.05) is 15.4 Å². The fourth-order valence-electron chi connectivity index (χ4n) is 2.91. The Labute approximate surface area is 177 Å². The Balaban J connectivity index is 1.55. The van der Waals surface area contributed by atoms with E-state index in [4.69, 9.17) is 4.84 Å². The SMILES string of the molecule is C/C(=N/OCc1ccccc1)c1ccc(Br)c(Nc2ncnc3ccccc23)c1. The number of hydrogen-bond donors (Lipinski definition) is 1. The second kappa shape index (κ2) is 8.84. The van der Waals surface area contributed by atoms with Gasteiger partial charge in [0.15, 0.2) is 0 Å². The molecule has 0 radical (unpaired) electrons. The first kappa shape index (κ1) is 19.1. The summed E-state index contributed by atoms with van der Waals surface area (Å²) < 4.78 is 0.932. The summed E-state index contributed by atoms with van der Waals surface area (Å²) in [4.78, 5) is 14.2. The molecule has 0 saturated carbocycles. The summed E-state index contributed by atoms with van der Waals surface area (Å²) in [6.45, 7) is 2.37. The van der Waals surface area contributed by atoms with Crippen LogP contribution in [0.4, 0.5) is 11.5 Å². The molecule has 1 aromatic heterocycles. The summed E-state index contributed by atoms with van der Waals surface area (Å²) in [5.74, 6) is 0.753. The molecule has 0 atom stereocenters. The predicted octanol–water partition coefficient (Wildman–Crippen LogP) is 6.08. The van der Waals surface area contributed by atoms with Crippen LogP contribution >= 0.6 is 15.9 Å². The Morgan fingerprint density at radius 2 is 1.79 bits per heavy atom. The van der Waals surface area contributed by atoms with E-state index in [1.54, 1.807) is 6.33 Å². The smallest absolute Gasteiger partial charge is 0.142 e. The van der Waals surface area contributed by atoms with Crippen LogP contribution < -0.4 is 5.32 Å². The highest BCUT2D eigenvalue weighted by molar-refractivity contribution is 9.10. The van der Waals surface area contributed by atoms with Crippen molar-refractivity contribution >= 4 is 44.0 Å². The van der Waals surface area contributed by atoms with E-state index < -0.39 is 0 Å². The lowest BCUT2D eigenvalue weighted by molar-refractivity contribution is 0.130. The number of rotatable bonds is 6. The van der Waals surface area contributed by atoms with Crippen LogP contribution in [0.1, 0.15) is 18.1 Å². The summed E-state index contributed by atoms with van der Waals surface area (Å²) in [6, 6.07) is 23.9. The molecule has 0 spiro atoms. The molecule has 5 nitrogen and oxygen atoms in total. The minimum atomic E-state index is 0.437. The van der Waals surface area contributed by atoms with Crippen LogP contribution in [0.25, 0.3) is 10.9 Å². The number of fused-ring (bicyclic) bond motifs is 1. The number of anilines is 2. The van der Waals surface area contributed by atoms with E-state index in [-0.39, 0.29) is 0 Å². The molecule has 29 heavy (non-hydrogen) atoms. The van der Waals surface area contributed by atoms with Gasteiger partial charge in [0.05, 0.1) is 16.9 Å². The summed E-state index contributed by atoms with van der Waals surface area (Å²) >= 11 is 3.61. The maximum atomic E-state index is 5.52. The summed E-state index contributed by atoms with van der Waals surface area (Å²) in [5.41, 5.74) is 4.62. The largest absolute Gasteiger partial charge is 0.391 e. The predicted molar refractivity (Wildman–Crippen MR) is 120 cm³/mol. The second-order valence-corrected chi connectivity index (χ2v) is 7.35. The van der Waals surface area contributed by atoms with Crippen LogP contribution in [-0.4, -0.2) is 15.7 Å². The molecule has 0 amide bonds. The van der Waals surface area contributed by atoms with Crippen LogP contribution in [0.3, 0.4) is 0 Å². The average Bonchev–Trinajstić information content (AvgIpc) is 2.76. The van der Waals surface area contributed by atoms with E-state index in [0.717, 1.165) is 43.7 Å². The van der Waals surface area contributed by atoms with E-state index in [1.807, 2.05) is 79.7 Å². The Kier molecular flexibility index (Phi) is 5.81. The van der Waals surface area contributed by atoms with Crippen LogP contribution in [0.2, 0.25) is 0 Å². The van der Waals surface area contributed by atoms with Gasteiger partial charge in [-0.15, -0.1) is 0 Å². The first-order chi connectivity index (χ1) is 14.2. The molecule has 1 N–H and O–H groups in total. The standard InChI is InChI=1S/C23H19BrN4O/c1-16(28-29-14-17-7-3-2-4-8-17)18-11-12-20(24)22(13-18)27-23-19-9-5-6-10-21(19)25-15-26-23/h2-13,15H,14H2,1H3,(H,25,26,27)/b28-16-.